The third-order valence-corrected chi connectivity index (χ3v) is 5.79. The van der Waals surface area contributed by atoms with Crippen LogP contribution in [0.15, 0.2) is 0 Å². The molecule has 1 N–H and O–H groups in total. The molecule has 0 unspecified atom stereocenters. The second-order valence-electron chi connectivity index (χ2n) is 7.46. The molecule has 4 bridgehead atoms. The quantitative estimate of drug-likeness (QED) is 0.788. The monoisotopic (exact) mass is 281 g/mol. The number of rotatable bonds is 5. The first-order valence-corrected chi connectivity index (χ1v) is 7.87. The van der Waals surface area contributed by atoms with Crippen molar-refractivity contribution in [2.75, 3.05) is 14.2 Å². The lowest BCUT2D eigenvalue weighted by molar-refractivity contribution is -0.199. The maximum atomic E-state index is 12.4. The van der Waals surface area contributed by atoms with E-state index >= 15 is 0 Å². The van der Waals surface area contributed by atoms with E-state index in [1.807, 2.05) is 6.92 Å². The van der Waals surface area contributed by atoms with E-state index in [-0.39, 0.29) is 17.9 Å². The maximum Gasteiger partial charge on any atom is 0.225 e. The summed E-state index contributed by atoms with van der Waals surface area (Å²) >= 11 is 0. The molecule has 0 heterocycles. The minimum atomic E-state index is -0.813. The van der Waals surface area contributed by atoms with Gasteiger partial charge in [-0.3, -0.25) is 4.79 Å². The second kappa shape index (κ2) is 4.99. The van der Waals surface area contributed by atoms with Gasteiger partial charge < -0.3 is 14.8 Å². The Hall–Kier alpha value is -0.610. The molecule has 0 aromatic rings. The Kier molecular flexibility index (Phi) is 3.57. The van der Waals surface area contributed by atoms with E-state index in [2.05, 4.69) is 5.32 Å². The Morgan fingerprint density at radius 2 is 1.55 bits per heavy atom. The van der Waals surface area contributed by atoms with Crippen molar-refractivity contribution in [1.82, 2.24) is 5.32 Å². The molecule has 114 valence electrons. The highest BCUT2D eigenvalue weighted by Gasteiger charge is 2.51. The van der Waals surface area contributed by atoms with Crippen LogP contribution in [0.4, 0.5) is 0 Å². The van der Waals surface area contributed by atoms with Crippen molar-refractivity contribution < 1.29 is 14.3 Å². The summed E-state index contributed by atoms with van der Waals surface area (Å²) in [6, 6.07) is 0. The Balaban J connectivity index is 1.64. The highest BCUT2D eigenvalue weighted by Crippen LogP contribution is 2.55. The molecule has 1 amide bonds. The molecule has 4 nitrogen and oxygen atoms in total. The molecular weight excluding hydrogens is 254 g/mol. The van der Waals surface area contributed by atoms with Gasteiger partial charge in [-0.25, -0.2) is 0 Å². The molecule has 20 heavy (non-hydrogen) atoms. The maximum absolute atomic E-state index is 12.4. The fourth-order valence-electron chi connectivity index (χ4n) is 5.12. The second-order valence-corrected chi connectivity index (χ2v) is 7.46. The average Bonchev–Trinajstić information content (AvgIpc) is 2.36. The summed E-state index contributed by atoms with van der Waals surface area (Å²) in [5.74, 6) is 1.79. The summed E-state index contributed by atoms with van der Waals surface area (Å²) in [5, 5.41) is 3.35. The summed E-state index contributed by atoms with van der Waals surface area (Å²) in [7, 11) is 3.17. The van der Waals surface area contributed by atoms with E-state index in [1.165, 1.54) is 38.5 Å². The Bertz CT molecular complexity index is 354. The van der Waals surface area contributed by atoms with Crippen molar-refractivity contribution in [2.45, 2.75) is 63.2 Å². The van der Waals surface area contributed by atoms with Crippen LogP contribution in [0.5, 0.6) is 0 Å². The highest BCUT2D eigenvalue weighted by molar-refractivity contribution is 5.77. The van der Waals surface area contributed by atoms with Crippen molar-refractivity contribution in [1.29, 1.82) is 0 Å². The van der Waals surface area contributed by atoms with Gasteiger partial charge in [0, 0.05) is 19.8 Å². The number of nitrogens with one attached hydrogen (secondary N) is 1. The van der Waals surface area contributed by atoms with Crippen molar-refractivity contribution in [3.8, 4) is 0 Å². The van der Waals surface area contributed by atoms with Gasteiger partial charge in [0.25, 0.3) is 0 Å². The normalized spacial score (nSPS) is 39.0. The zero-order chi connectivity index (χ0) is 14.4. The standard InChI is InChI=1S/C16H27NO3/c1-15(19-2,20-3)10-14(18)17-16-7-11-4-12(8-16)6-13(5-11)9-16/h11-13H,4-10H2,1-3H3,(H,17,18). The van der Waals surface area contributed by atoms with Crippen molar-refractivity contribution >= 4 is 5.91 Å². The highest BCUT2D eigenvalue weighted by atomic mass is 16.7. The van der Waals surface area contributed by atoms with Gasteiger partial charge in [-0.15, -0.1) is 0 Å². The molecule has 4 aliphatic carbocycles. The zero-order valence-corrected chi connectivity index (χ0v) is 12.9. The lowest BCUT2D eigenvalue weighted by Crippen LogP contribution is -2.60. The molecular formula is C16H27NO3. The van der Waals surface area contributed by atoms with E-state index in [9.17, 15) is 4.79 Å². The van der Waals surface area contributed by atoms with Crippen LogP contribution < -0.4 is 5.32 Å². The van der Waals surface area contributed by atoms with E-state index in [0.717, 1.165) is 17.8 Å². The molecule has 4 aliphatic rings. The first-order valence-electron chi connectivity index (χ1n) is 7.87. The summed E-state index contributed by atoms with van der Waals surface area (Å²) < 4.78 is 10.6. The van der Waals surface area contributed by atoms with E-state index in [0.29, 0.717) is 0 Å². The van der Waals surface area contributed by atoms with E-state index < -0.39 is 5.79 Å². The number of hydrogen-bond donors (Lipinski definition) is 1. The van der Waals surface area contributed by atoms with Crippen LogP contribution in [-0.2, 0) is 14.3 Å². The number of carbonyl (C=O) groups is 1. The van der Waals surface area contributed by atoms with Gasteiger partial charge in [-0.1, -0.05) is 0 Å². The molecule has 4 fully saturated rings. The molecule has 0 aliphatic heterocycles. The zero-order valence-electron chi connectivity index (χ0n) is 12.9. The molecule has 4 heteroatoms. The fraction of sp³-hybridized carbons (Fsp3) is 0.938. The van der Waals surface area contributed by atoms with Gasteiger partial charge in [0.15, 0.2) is 5.79 Å². The van der Waals surface area contributed by atoms with E-state index in [1.54, 1.807) is 14.2 Å². The van der Waals surface area contributed by atoms with Crippen LogP contribution >= 0.6 is 0 Å². The first kappa shape index (κ1) is 14.3. The average molecular weight is 281 g/mol. The largest absolute Gasteiger partial charge is 0.353 e. The van der Waals surface area contributed by atoms with Crippen LogP contribution in [0.3, 0.4) is 0 Å². The molecule has 4 saturated carbocycles. The van der Waals surface area contributed by atoms with Gasteiger partial charge in [-0.2, -0.15) is 0 Å². The number of ether oxygens (including phenoxy) is 2. The molecule has 4 rings (SSSR count). The molecule has 0 saturated heterocycles. The van der Waals surface area contributed by atoms with Crippen LogP contribution in [0.1, 0.15) is 51.9 Å². The van der Waals surface area contributed by atoms with Gasteiger partial charge in [0.1, 0.15) is 0 Å². The lowest BCUT2D eigenvalue weighted by Gasteiger charge is -2.57. The Morgan fingerprint density at radius 3 is 1.95 bits per heavy atom. The summed E-state index contributed by atoms with van der Waals surface area (Å²) in [5.41, 5.74) is 0.0776. The molecule has 0 atom stereocenters. The minimum Gasteiger partial charge on any atom is -0.353 e. The third-order valence-electron chi connectivity index (χ3n) is 5.79. The molecule has 0 spiro atoms. The van der Waals surface area contributed by atoms with Crippen LogP contribution in [0, 0.1) is 17.8 Å². The van der Waals surface area contributed by atoms with Crippen molar-refractivity contribution in [3.63, 3.8) is 0 Å². The summed E-state index contributed by atoms with van der Waals surface area (Å²) in [6.07, 6.45) is 7.99. The van der Waals surface area contributed by atoms with Gasteiger partial charge in [0.05, 0.1) is 6.42 Å². The Labute approximate surface area is 121 Å². The molecule has 0 aromatic heterocycles. The van der Waals surface area contributed by atoms with Crippen molar-refractivity contribution in [2.24, 2.45) is 17.8 Å². The minimum absolute atomic E-state index is 0.0677. The van der Waals surface area contributed by atoms with Crippen LogP contribution in [0.25, 0.3) is 0 Å². The fourth-order valence-corrected chi connectivity index (χ4v) is 5.12. The summed E-state index contributed by atoms with van der Waals surface area (Å²) in [6.45, 7) is 1.81. The number of methoxy groups -OCH3 is 2. The first-order chi connectivity index (χ1) is 9.46. The SMILES string of the molecule is COC(C)(CC(=O)NC12CC3CC(CC(C3)C1)C2)OC. The van der Waals surface area contributed by atoms with Gasteiger partial charge >= 0.3 is 0 Å². The van der Waals surface area contributed by atoms with Gasteiger partial charge in [0.2, 0.25) is 5.91 Å². The third kappa shape index (κ3) is 2.60. The predicted octanol–water partition coefficient (Wildman–Crippen LogP) is 2.47. The number of hydrogen-bond acceptors (Lipinski definition) is 3. The van der Waals surface area contributed by atoms with Crippen molar-refractivity contribution in [3.05, 3.63) is 0 Å². The summed E-state index contributed by atoms with van der Waals surface area (Å²) in [4.78, 5) is 12.4. The van der Waals surface area contributed by atoms with Crippen LogP contribution in [0.2, 0.25) is 0 Å². The molecule has 0 aromatic carbocycles. The molecule has 0 radical (unpaired) electrons. The van der Waals surface area contributed by atoms with Crippen LogP contribution in [-0.4, -0.2) is 31.5 Å². The number of carbonyl (C=O) groups excluding carboxylic acids is 1. The topological polar surface area (TPSA) is 47.6 Å². The van der Waals surface area contributed by atoms with E-state index in [4.69, 9.17) is 9.47 Å². The predicted molar refractivity (Wildman–Crippen MR) is 76.1 cm³/mol. The smallest absolute Gasteiger partial charge is 0.225 e. The Morgan fingerprint density at radius 1 is 1.10 bits per heavy atom. The number of amides is 1. The van der Waals surface area contributed by atoms with Gasteiger partial charge in [-0.05, 0) is 63.2 Å². The lowest BCUT2D eigenvalue weighted by atomic mass is 9.53.